The van der Waals surface area contributed by atoms with Gasteiger partial charge in [-0.05, 0) is 42.8 Å². The highest BCUT2D eigenvalue weighted by molar-refractivity contribution is 14.0. The smallest absolute Gasteiger partial charge is 0.191 e. The number of nitrogens with zero attached hydrogens (tertiary/aromatic N) is 3. The van der Waals surface area contributed by atoms with Crippen molar-refractivity contribution >= 4 is 29.9 Å². The molecule has 0 saturated carbocycles. The number of benzene rings is 2. The molecule has 0 spiro atoms. The van der Waals surface area contributed by atoms with Crippen molar-refractivity contribution in [3.63, 3.8) is 0 Å². The van der Waals surface area contributed by atoms with Gasteiger partial charge in [-0.1, -0.05) is 30.3 Å². The topological polar surface area (TPSA) is 63.5 Å². The molecule has 0 atom stereocenters. The van der Waals surface area contributed by atoms with E-state index in [1.807, 2.05) is 59.4 Å². The van der Waals surface area contributed by atoms with Crippen LogP contribution in [-0.2, 0) is 6.54 Å². The summed E-state index contributed by atoms with van der Waals surface area (Å²) in [6.07, 6.45) is 3.70. The second-order valence-electron chi connectivity index (χ2n) is 5.90. The Morgan fingerprint density at radius 3 is 2.68 bits per heavy atom. The maximum atomic E-state index is 5.70. The summed E-state index contributed by atoms with van der Waals surface area (Å²) in [5.41, 5.74) is 2.16. The van der Waals surface area contributed by atoms with Crippen LogP contribution >= 0.6 is 24.0 Å². The zero-order chi connectivity index (χ0) is 18.7. The van der Waals surface area contributed by atoms with Gasteiger partial charge in [0.1, 0.15) is 12.4 Å². The highest BCUT2D eigenvalue weighted by Gasteiger charge is 2.01. The normalized spacial score (nSPS) is 10.8. The van der Waals surface area contributed by atoms with Gasteiger partial charge in [-0.3, -0.25) is 0 Å². The molecule has 0 bridgehead atoms. The Hall–Kier alpha value is -2.55. The molecule has 3 rings (SSSR count). The van der Waals surface area contributed by atoms with E-state index in [0.29, 0.717) is 19.7 Å². The van der Waals surface area contributed by atoms with Crippen molar-refractivity contribution < 1.29 is 4.74 Å². The minimum Gasteiger partial charge on any atom is -0.492 e. The van der Waals surface area contributed by atoms with Crippen molar-refractivity contribution in [3.05, 3.63) is 78.6 Å². The van der Waals surface area contributed by atoms with Crippen LogP contribution in [-0.4, -0.2) is 35.4 Å². The number of hydrogen-bond acceptors (Lipinski definition) is 3. The number of guanidine groups is 1. The van der Waals surface area contributed by atoms with Gasteiger partial charge in [0, 0.05) is 18.9 Å². The van der Waals surface area contributed by atoms with Crippen molar-refractivity contribution in [3.8, 4) is 11.4 Å². The fraction of sp³-hybridized carbons (Fsp3) is 0.238. The number of aromatic nitrogens is 2. The second-order valence-corrected chi connectivity index (χ2v) is 5.90. The Bertz CT molecular complexity index is 837. The van der Waals surface area contributed by atoms with E-state index in [-0.39, 0.29) is 24.0 Å². The summed E-state index contributed by atoms with van der Waals surface area (Å²) in [4.78, 5) is 4.66. The van der Waals surface area contributed by atoms with Crippen LogP contribution in [0.25, 0.3) is 5.69 Å². The SMILES string of the molecule is CCNC(=NCc1cccc(-n2cccn2)c1)NCCOc1ccccc1.I. The maximum absolute atomic E-state index is 5.70. The van der Waals surface area contributed by atoms with Crippen molar-refractivity contribution in [2.24, 2.45) is 4.99 Å². The lowest BCUT2D eigenvalue weighted by Gasteiger charge is -2.12. The number of nitrogens with one attached hydrogen (secondary N) is 2. The third kappa shape index (κ3) is 6.88. The van der Waals surface area contributed by atoms with E-state index in [2.05, 4.69) is 39.8 Å². The summed E-state index contributed by atoms with van der Waals surface area (Å²) in [7, 11) is 0. The van der Waals surface area contributed by atoms with E-state index in [4.69, 9.17) is 4.74 Å². The minimum atomic E-state index is 0. The molecule has 2 N–H and O–H groups in total. The predicted octanol–water partition coefficient (Wildman–Crippen LogP) is 3.62. The predicted molar refractivity (Wildman–Crippen MR) is 124 cm³/mol. The summed E-state index contributed by atoms with van der Waals surface area (Å²) in [5, 5.41) is 10.8. The van der Waals surface area contributed by atoms with E-state index in [9.17, 15) is 0 Å². The molecule has 0 aliphatic carbocycles. The van der Waals surface area contributed by atoms with E-state index >= 15 is 0 Å². The third-order valence-corrected chi connectivity index (χ3v) is 3.85. The monoisotopic (exact) mass is 491 g/mol. The lowest BCUT2D eigenvalue weighted by molar-refractivity contribution is 0.322. The molecule has 0 saturated heterocycles. The molecule has 3 aromatic rings. The molecule has 6 nitrogen and oxygen atoms in total. The summed E-state index contributed by atoms with van der Waals surface area (Å²) in [6.45, 7) is 4.69. The average molecular weight is 491 g/mol. The molecular formula is C21H26IN5O. The Balaban J connectivity index is 0.00000280. The molecule has 0 radical (unpaired) electrons. The minimum absolute atomic E-state index is 0. The lowest BCUT2D eigenvalue weighted by Crippen LogP contribution is -2.39. The molecule has 7 heteroatoms. The molecule has 0 fully saturated rings. The number of para-hydroxylation sites is 1. The van der Waals surface area contributed by atoms with Crippen LogP contribution in [0.4, 0.5) is 0 Å². The lowest BCUT2D eigenvalue weighted by atomic mass is 10.2. The van der Waals surface area contributed by atoms with Crippen LogP contribution in [0.15, 0.2) is 78.0 Å². The Kier molecular flexibility index (Phi) is 9.33. The average Bonchev–Trinajstić information content (AvgIpc) is 3.25. The highest BCUT2D eigenvalue weighted by Crippen LogP contribution is 2.10. The van der Waals surface area contributed by atoms with Gasteiger partial charge in [0.25, 0.3) is 0 Å². The first-order chi connectivity index (χ1) is 13.3. The number of rotatable bonds is 8. The molecule has 0 aliphatic heterocycles. The van der Waals surface area contributed by atoms with Crippen molar-refractivity contribution in [2.45, 2.75) is 13.5 Å². The van der Waals surface area contributed by atoms with Crippen LogP contribution in [0.2, 0.25) is 0 Å². The first-order valence-electron chi connectivity index (χ1n) is 9.14. The molecule has 1 heterocycles. The van der Waals surface area contributed by atoms with Gasteiger partial charge in [-0.25, -0.2) is 9.67 Å². The Morgan fingerprint density at radius 2 is 1.93 bits per heavy atom. The first-order valence-corrected chi connectivity index (χ1v) is 9.14. The van der Waals surface area contributed by atoms with Gasteiger partial charge in [-0.2, -0.15) is 5.10 Å². The number of hydrogen-bond donors (Lipinski definition) is 2. The third-order valence-electron chi connectivity index (χ3n) is 3.85. The summed E-state index contributed by atoms with van der Waals surface area (Å²) < 4.78 is 7.54. The number of ether oxygens (including phenoxy) is 1. The van der Waals surface area contributed by atoms with Gasteiger partial charge in [-0.15, -0.1) is 24.0 Å². The number of halogens is 1. The van der Waals surface area contributed by atoms with E-state index in [0.717, 1.165) is 29.5 Å². The first kappa shape index (κ1) is 21.7. The quantitative estimate of drug-likeness (QED) is 0.219. The molecule has 0 unspecified atom stereocenters. The van der Waals surface area contributed by atoms with Crippen molar-refractivity contribution in [2.75, 3.05) is 19.7 Å². The molecule has 1 aromatic heterocycles. The van der Waals surface area contributed by atoms with Crippen molar-refractivity contribution in [1.82, 2.24) is 20.4 Å². The van der Waals surface area contributed by atoms with Gasteiger partial charge in [0.05, 0.1) is 18.8 Å². The van der Waals surface area contributed by atoms with E-state index in [1.165, 1.54) is 0 Å². The van der Waals surface area contributed by atoms with Gasteiger partial charge in [0.15, 0.2) is 5.96 Å². The zero-order valence-electron chi connectivity index (χ0n) is 15.9. The molecule has 148 valence electrons. The molecule has 2 aromatic carbocycles. The summed E-state index contributed by atoms with van der Waals surface area (Å²) in [6, 6.07) is 19.9. The largest absolute Gasteiger partial charge is 0.492 e. The maximum Gasteiger partial charge on any atom is 0.191 e. The van der Waals surface area contributed by atoms with Crippen LogP contribution in [0.1, 0.15) is 12.5 Å². The van der Waals surface area contributed by atoms with E-state index in [1.54, 1.807) is 6.20 Å². The summed E-state index contributed by atoms with van der Waals surface area (Å²) in [5.74, 6) is 1.65. The Morgan fingerprint density at radius 1 is 1.07 bits per heavy atom. The molecule has 0 amide bonds. The second kappa shape index (κ2) is 12.0. The van der Waals surface area contributed by atoms with Crippen LogP contribution in [0.3, 0.4) is 0 Å². The highest BCUT2D eigenvalue weighted by atomic mass is 127. The fourth-order valence-electron chi connectivity index (χ4n) is 2.59. The zero-order valence-corrected chi connectivity index (χ0v) is 18.2. The molecular weight excluding hydrogens is 465 g/mol. The van der Waals surface area contributed by atoms with Crippen LogP contribution < -0.4 is 15.4 Å². The summed E-state index contributed by atoms with van der Waals surface area (Å²) >= 11 is 0. The number of aliphatic imine (C=N–C) groups is 1. The van der Waals surface area contributed by atoms with Crippen LogP contribution in [0, 0.1) is 0 Å². The fourth-order valence-corrected chi connectivity index (χ4v) is 2.59. The van der Waals surface area contributed by atoms with Crippen molar-refractivity contribution in [1.29, 1.82) is 0 Å². The standard InChI is InChI=1S/C21H25N5O.HI/c1-2-22-21(23-13-15-27-20-10-4-3-5-11-20)24-17-18-8-6-9-19(16-18)26-14-7-12-25-26;/h3-12,14,16H,2,13,15,17H2,1H3,(H2,22,23,24);1H. The van der Waals surface area contributed by atoms with Gasteiger partial charge in [0.2, 0.25) is 0 Å². The Labute approximate surface area is 183 Å². The van der Waals surface area contributed by atoms with Gasteiger partial charge < -0.3 is 15.4 Å². The van der Waals surface area contributed by atoms with E-state index < -0.39 is 0 Å². The van der Waals surface area contributed by atoms with Gasteiger partial charge >= 0.3 is 0 Å². The molecule has 28 heavy (non-hydrogen) atoms. The molecule has 0 aliphatic rings. The van der Waals surface area contributed by atoms with Crippen LogP contribution in [0.5, 0.6) is 5.75 Å².